The van der Waals surface area contributed by atoms with Gasteiger partial charge in [0.15, 0.2) is 0 Å². The van der Waals surface area contributed by atoms with Gasteiger partial charge in [-0.2, -0.15) is 0 Å². The highest BCUT2D eigenvalue weighted by Gasteiger charge is 2.31. The van der Waals surface area contributed by atoms with Crippen LogP contribution in [-0.4, -0.2) is 24.8 Å². The minimum Gasteiger partial charge on any atom is -0.396 e. The SMILES string of the molecule is CC1(C)CNCCC1CO.Cl. The lowest BCUT2D eigenvalue weighted by atomic mass is 9.75. The molecule has 2 nitrogen and oxygen atoms in total. The molecule has 0 aromatic rings. The predicted molar refractivity (Wildman–Crippen MR) is 49.1 cm³/mol. The molecule has 1 unspecified atom stereocenters. The van der Waals surface area contributed by atoms with Gasteiger partial charge in [0.25, 0.3) is 0 Å². The zero-order valence-electron chi connectivity index (χ0n) is 7.26. The Bertz CT molecular complexity index is 117. The van der Waals surface area contributed by atoms with Crippen LogP contribution in [0.5, 0.6) is 0 Å². The molecule has 0 bridgehead atoms. The third kappa shape index (κ3) is 2.62. The smallest absolute Gasteiger partial charge is 0.0465 e. The molecular formula is C8H18ClNO. The highest BCUT2D eigenvalue weighted by Crippen LogP contribution is 2.30. The minimum atomic E-state index is 0. The van der Waals surface area contributed by atoms with Crippen molar-refractivity contribution in [2.24, 2.45) is 11.3 Å². The van der Waals surface area contributed by atoms with Crippen molar-refractivity contribution in [3.8, 4) is 0 Å². The average molecular weight is 180 g/mol. The second-order valence-corrected chi connectivity index (χ2v) is 3.83. The number of aliphatic hydroxyl groups excluding tert-OH is 1. The number of rotatable bonds is 1. The van der Waals surface area contributed by atoms with Crippen LogP contribution in [0.25, 0.3) is 0 Å². The van der Waals surface area contributed by atoms with Crippen LogP contribution in [0.4, 0.5) is 0 Å². The molecule has 1 atom stereocenters. The molecule has 11 heavy (non-hydrogen) atoms. The van der Waals surface area contributed by atoms with E-state index in [0.29, 0.717) is 12.5 Å². The summed E-state index contributed by atoms with van der Waals surface area (Å²) in [6.45, 7) is 6.86. The topological polar surface area (TPSA) is 32.3 Å². The second-order valence-electron chi connectivity index (χ2n) is 3.83. The van der Waals surface area contributed by atoms with E-state index in [1.165, 1.54) is 0 Å². The van der Waals surface area contributed by atoms with Gasteiger partial charge in [0.05, 0.1) is 0 Å². The lowest BCUT2D eigenvalue weighted by Crippen LogP contribution is -2.44. The van der Waals surface area contributed by atoms with E-state index in [1.807, 2.05) is 0 Å². The van der Waals surface area contributed by atoms with Gasteiger partial charge in [-0.15, -0.1) is 12.4 Å². The summed E-state index contributed by atoms with van der Waals surface area (Å²) >= 11 is 0. The molecule has 1 fully saturated rings. The zero-order valence-corrected chi connectivity index (χ0v) is 8.08. The third-order valence-electron chi connectivity index (χ3n) is 2.58. The molecule has 1 saturated heterocycles. The molecular weight excluding hydrogens is 162 g/mol. The monoisotopic (exact) mass is 179 g/mol. The standard InChI is InChI=1S/C8H17NO.ClH/c1-8(2)6-9-4-3-7(8)5-10;/h7,9-10H,3-6H2,1-2H3;1H. The van der Waals surface area contributed by atoms with Crippen molar-refractivity contribution in [3.63, 3.8) is 0 Å². The van der Waals surface area contributed by atoms with Crippen molar-refractivity contribution in [2.45, 2.75) is 20.3 Å². The minimum absolute atomic E-state index is 0. The fourth-order valence-electron chi connectivity index (χ4n) is 1.56. The van der Waals surface area contributed by atoms with Crippen molar-refractivity contribution >= 4 is 12.4 Å². The third-order valence-corrected chi connectivity index (χ3v) is 2.58. The first-order chi connectivity index (χ1) is 4.67. The Labute approximate surface area is 74.8 Å². The summed E-state index contributed by atoms with van der Waals surface area (Å²) in [7, 11) is 0. The van der Waals surface area contributed by atoms with Gasteiger partial charge in [-0.05, 0) is 24.3 Å². The van der Waals surface area contributed by atoms with Gasteiger partial charge in [-0.25, -0.2) is 0 Å². The van der Waals surface area contributed by atoms with E-state index in [1.54, 1.807) is 0 Å². The molecule has 3 heteroatoms. The van der Waals surface area contributed by atoms with Crippen LogP contribution >= 0.6 is 12.4 Å². The summed E-state index contributed by atoms with van der Waals surface area (Å²) < 4.78 is 0. The Kier molecular flexibility index (Phi) is 4.37. The normalized spacial score (nSPS) is 29.2. The summed E-state index contributed by atoms with van der Waals surface area (Å²) in [5.74, 6) is 0.494. The fourth-order valence-corrected chi connectivity index (χ4v) is 1.56. The summed E-state index contributed by atoms with van der Waals surface area (Å²) in [4.78, 5) is 0. The molecule has 0 amide bonds. The first-order valence-corrected chi connectivity index (χ1v) is 3.98. The molecule has 1 aliphatic heterocycles. The van der Waals surface area contributed by atoms with Crippen molar-refractivity contribution < 1.29 is 5.11 Å². The molecule has 0 aromatic heterocycles. The summed E-state index contributed by atoms with van der Waals surface area (Å²) in [5, 5.41) is 12.3. The summed E-state index contributed by atoms with van der Waals surface area (Å²) in [6, 6.07) is 0. The van der Waals surface area contributed by atoms with E-state index in [0.717, 1.165) is 19.5 Å². The molecule has 0 spiro atoms. The Morgan fingerprint density at radius 2 is 2.18 bits per heavy atom. The summed E-state index contributed by atoms with van der Waals surface area (Å²) in [6.07, 6.45) is 1.11. The van der Waals surface area contributed by atoms with Gasteiger partial charge in [-0.1, -0.05) is 13.8 Å². The zero-order chi connectivity index (χ0) is 7.61. The van der Waals surface area contributed by atoms with Crippen LogP contribution in [0.1, 0.15) is 20.3 Å². The first-order valence-electron chi connectivity index (χ1n) is 3.98. The Morgan fingerprint density at radius 3 is 2.55 bits per heavy atom. The Balaban J connectivity index is 0.000001000. The molecule has 0 aliphatic carbocycles. The van der Waals surface area contributed by atoms with Crippen molar-refractivity contribution in [3.05, 3.63) is 0 Å². The van der Waals surface area contributed by atoms with Gasteiger partial charge >= 0.3 is 0 Å². The molecule has 1 aliphatic rings. The number of hydrogen-bond acceptors (Lipinski definition) is 2. The van der Waals surface area contributed by atoms with Crippen molar-refractivity contribution in [1.29, 1.82) is 0 Å². The maximum atomic E-state index is 9.00. The number of hydrogen-bond donors (Lipinski definition) is 2. The van der Waals surface area contributed by atoms with Crippen LogP contribution in [-0.2, 0) is 0 Å². The Morgan fingerprint density at radius 1 is 1.55 bits per heavy atom. The largest absolute Gasteiger partial charge is 0.396 e. The van der Waals surface area contributed by atoms with E-state index >= 15 is 0 Å². The van der Waals surface area contributed by atoms with Gasteiger partial charge in [-0.3, -0.25) is 0 Å². The van der Waals surface area contributed by atoms with Crippen LogP contribution in [0, 0.1) is 11.3 Å². The van der Waals surface area contributed by atoms with Crippen LogP contribution < -0.4 is 5.32 Å². The first kappa shape index (κ1) is 11.2. The van der Waals surface area contributed by atoms with E-state index in [9.17, 15) is 0 Å². The average Bonchev–Trinajstić information content (AvgIpc) is 1.87. The van der Waals surface area contributed by atoms with E-state index < -0.39 is 0 Å². The molecule has 1 rings (SSSR count). The predicted octanol–water partition coefficient (Wildman–Crippen LogP) is 1.04. The van der Waals surface area contributed by atoms with Gasteiger partial charge in [0.1, 0.15) is 0 Å². The molecule has 2 N–H and O–H groups in total. The van der Waals surface area contributed by atoms with Crippen LogP contribution in [0.2, 0.25) is 0 Å². The van der Waals surface area contributed by atoms with Gasteiger partial charge in [0.2, 0.25) is 0 Å². The highest BCUT2D eigenvalue weighted by molar-refractivity contribution is 5.85. The number of piperidine rings is 1. The van der Waals surface area contributed by atoms with Crippen molar-refractivity contribution in [1.82, 2.24) is 5.32 Å². The Hall–Kier alpha value is 0.210. The number of halogens is 1. The highest BCUT2D eigenvalue weighted by atomic mass is 35.5. The maximum Gasteiger partial charge on any atom is 0.0465 e. The summed E-state index contributed by atoms with van der Waals surface area (Å²) in [5.41, 5.74) is 0.285. The molecule has 0 saturated carbocycles. The molecule has 1 heterocycles. The second kappa shape index (κ2) is 4.29. The van der Waals surface area contributed by atoms with E-state index in [-0.39, 0.29) is 17.8 Å². The molecule has 68 valence electrons. The van der Waals surface area contributed by atoms with Gasteiger partial charge < -0.3 is 10.4 Å². The molecule has 0 radical (unpaired) electrons. The number of aliphatic hydroxyl groups is 1. The maximum absolute atomic E-state index is 9.00. The van der Waals surface area contributed by atoms with E-state index in [2.05, 4.69) is 19.2 Å². The van der Waals surface area contributed by atoms with Crippen LogP contribution in [0.15, 0.2) is 0 Å². The van der Waals surface area contributed by atoms with Crippen LogP contribution in [0.3, 0.4) is 0 Å². The van der Waals surface area contributed by atoms with Gasteiger partial charge in [0, 0.05) is 13.2 Å². The quantitative estimate of drug-likeness (QED) is 0.631. The van der Waals surface area contributed by atoms with E-state index in [4.69, 9.17) is 5.11 Å². The van der Waals surface area contributed by atoms with Crippen molar-refractivity contribution in [2.75, 3.05) is 19.7 Å². The molecule has 0 aromatic carbocycles. The number of nitrogens with one attached hydrogen (secondary N) is 1. The lowest BCUT2D eigenvalue weighted by Gasteiger charge is -2.37. The lowest BCUT2D eigenvalue weighted by molar-refractivity contribution is 0.0859. The fraction of sp³-hybridized carbons (Fsp3) is 1.00.